The van der Waals surface area contributed by atoms with E-state index in [1.165, 1.54) is 7.11 Å². The van der Waals surface area contributed by atoms with E-state index in [4.69, 9.17) is 16.3 Å². The summed E-state index contributed by atoms with van der Waals surface area (Å²) < 4.78 is 4.76. The highest BCUT2D eigenvalue weighted by molar-refractivity contribution is 6.34. The van der Waals surface area contributed by atoms with E-state index in [9.17, 15) is 4.79 Å². The minimum absolute atomic E-state index is 0.399. The Morgan fingerprint density at radius 2 is 2.06 bits per heavy atom. The number of rotatable bonds is 3. The van der Waals surface area contributed by atoms with E-state index in [0.717, 1.165) is 5.56 Å². The lowest BCUT2D eigenvalue weighted by atomic mass is 10.0. The summed E-state index contributed by atoms with van der Waals surface area (Å²) in [6.45, 7) is 1.95. The van der Waals surface area contributed by atoms with Crippen molar-refractivity contribution in [3.63, 3.8) is 0 Å². The average molecular weight is 254 g/mol. The summed E-state index contributed by atoms with van der Waals surface area (Å²) in [5.74, 6) is -0.399. The summed E-state index contributed by atoms with van der Waals surface area (Å²) >= 11 is 6.14. The predicted molar refractivity (Wildman–Crippen MR) is 69.9 cm³/mol. The second-order valence-corrected chi connectivity index (χ2v) is 4.39. The Bertz CT molecular complexity index is 453. The summed E-state index contributed by atoms with van der Waals surface area (Å²) in [5.41, 5.74) is 2.17. The number of benzene rings is 1. The maximum atomic E-state index is 11.7. The molecule has 0 amide bonds. The summed E-state index contributed by atoms with van der Waals surface area (Å²) in [5, 5.41) is 0.545. The first-order valence-corrected chi connectivity index (χ1v) is 5.56. The minimum Gasteiger partial charge on any atom is -0.465 e. The molecule has 0 aromatic heterocycles. The maximum Gasteiger partial charge on any atom is 0.340 e. The third-order valence-corrected chi connectivity index (χ3v) is 2.52. The van der Waals surface area contributed by atoms with Gasteiger partial charge in [0.25, 0.3) is 0 Å². The van der Waals surface area contributed by atoms with Crippen LogP contribution in [-0.2, 0) is 9.53 Å². The van der Waals surface area contributed by atoms with Crippen LogP contribution >= 0.6 is 11.6 Å². The topological polar surface area (TPSA) is 29.5 Å². The molecule has 17 heavy (non-hydrogen) atoms. The van der Waals surface area contributed by atoms with Crippen molar-refractivity contribution in [2.24, 2.45) is 0 Å². The summed E-state index contributed by atoms with van der Waals surface area (Å²) in [7, 11) is 5.03. The van der Waals surface area contributed by atoms with E-state index >= 15 is 0 Å². The number of methoxy groups -OCH3 is 1. The number of nitrogens with zero attached hydrogens (tertiary/aromatic N) is 1. The van der Waals surface area contributed by atoms with Gasteiger partial charge in [0, 0.05) is 30.9 Å². The van der Waals surface area contributed by atoms with Gasteiger partial charge in [0.1, 0.15) is 0 Å². The van der Waals surface area contributed by atoms with Gasteiger partial charge < -0.3 is 9.64 Å². The van der Waals surface area contributed by atoms with Gasteiger partial charge in [-0.15, -0.1) is 0 Å². The van der Waals surface area contributed by atoms with Crippen molar-refractivity contribution in [3.05, 3.63) is 40.5 Å². The van der Waals surface area contributed by atoms with Gasteiger partial charge in [-0.25, -0.2) is 4.79 Å². The predicted octanol–water partition coefficient (Wildman–Crippen LogP) is 2.72. The van der Waals surface area contributed by atoms with Gasteiger partial charge in [0.15, 0.2) is 0 Å². The number of carbonyl (C=O) groups is 1. The van der Waals surface area contributed by atoms with Gasteiger partial charge in [-0.05, 0) is 18.6 Å². The first-order chi connectivity index (χ1) is 7.95. The van der Waals surface area contributed by atoms with Crippen molar-refractivity contribution in [2.75, 3.05) is 21.2 Å². The van der Waals surface area contributed by atoms with Crippen LogP contribution in [0.15, 0.2) is 24.4 Å². The molecule has 92 valence electrons. The monoisotopic (exact) mass is 253 g/mol. The van der Waals surface area contributed by atoms with Gasteiger partial charge in [-0.3, -0.25) is 0 Å². The largest absolute Gasteiger partial charge is 0.465 e. The molecule has 0 saturated carbocycles. The first kappa shape index (κ1) is 13.6. The molecule has 0 atom stereocenters. The first-order valence-electron chi connectivity index (χ1n) is 5.18. The van der Waals surface area contributed by atoms with E-state index in [1.807, 2.05) is 39.2 Å². The fourth-order valence-corrected chi connectivity index (χ4v) is 1.78. The van der Waals surface area contributed by atoms with Crippen LogP contribution in [0.3, 0.4) is 0 Å². The molecular weight excluding hydrogens is 238 g/mol. The SMILES string of the molecule is COC(=O)/C(=C\N(C)C)c1ccc(C)cc1Cl. The summed E-state index contributed by atoms with van der Waals surface area (Å²) in [6, 6.07) is 5.56. The lowest BCUT2D eigenvalue weighted by Crippen LogP contribution is -2.10. The highest BCUT2D eigenvalue weighted by Gasteiger charge is 2.15. The number of ether oxygens (including phenoxy) is 1. The molecule has 0 radical (unpaired) electrons. The third kappa shape index (κ3) is 3.49. The molecule has 0 aliphatic rings. The van der Waals surface area contributed by atoms with E-state index in [2.05, 4.69) is 0 Å². The molecule has 0 aliphatic carbocycles. The fraction of sp³-hybridized carbons (Fsp3) is 0.308. The number of esters is 1. The van der Waals surface area contributed by atoms with Crippen LogP contribution in [0.5, 0.6) is 0 Å². The van der Waals surface area contributed by atoms with Crippen molar-refractivity contribution < 1.29 is 9.53 Å². The number of hydrogen-bond acceptors (Lipinski definition) is 3. The van der Waals surface area contributed by atoms with Gasteiger partial charge in [0.05, 0.1) is 12.7 Å². The molecule has 0 aliphatic heterocycles. The number of halogens is 1. The van der Waals surface area contributed by atoms with Crippen molar-refractivity contribution in [3.8, 4) is 0 Å². The summed E-state index contributed by atoms with van der Waals surface area (Å²) in [4.78, 5) is 13.5. The van der Waals surface area contributed by atoms with Crippen molar-refractivity contribution in [2.45, 2.75) is 6.92 Å². The lowest BCUT2D eigenvalue weighted by molar-refractivity contribution is -0.133. The van der Waals surface area contributed by atoms with E-state index in [1.54, 1.807) is 11.1 Å². The molecule has 0 bridgehead atoms. The Kier molecular flexibility index (Phi) is 4.58. The molecule has 1 aromatic rings. The van der Waals surface area contributed by atoms with Crippen LogP contribution in [0, 0.1) is 6.92 Å². The van der Waals surface area contributed by atoms with Crippen LogP contribution in [-0.4, -0.2) is 32.1 Å². The van der Waals surface area contributed by atoms with Crippen molar-refractivity contribution >= 4 is 23.1 Å². The Balaban J connectivity index is 3.27. The second-order valence-electron chi connectivity index (χ2n) is 3.98. The molecule has 0 N–H and O–H groups in total. The zero-order valence-corrected chi connectivity index (χ0v) is 11.2. The Morgan fingerprint density at radius 3 is 2.53 bits per heavy atom. The molecule has 1 aromatic carbocycles. The van der Waals surface area contributed by atoms with Crippen LogP contribution in [0.1, 0.15) is 11.1 Å². The Hall–Kier alpha value is -1.48. The van der Waals surface area contributed by atoms with E-state index < -0.39 is 5.97 Å². The molecule has 0 unspecified atom stereocenters. The van der Waals surface area contributed by atoms with Gasteiger partial charge >= 0.3 is 5.97 Å². The Labute approximate surface area is 107 Å². The fourth-order valence-electron chi connectivity index (χ4n) is 1.44. The van der Waals surface area contributed by atoms with E-state index in [-0.39, 0.29) is 0 Å². The zero-order chi connectivity index (χ0) is 13.0. The normalized spacial score (nSPS) is 11.2. The lowest BCUT2D eigenvalue weighted by Gasteiger charge is -2.12. The quantitative estimate of drug-likeness (QED) is 0.613. The zero-order valence-electron chi connectivity index (χ0n) is 10.5. The average Bonchev–Trinajstić information content (AvgIpc) is 2.25. The number of aryl methyl sites for hydroxylation is 1. The summed E-state index contributed by atoms with van der Waals surface area (Å²) in [6.07, 6.45) is 1.70. The molecule has 0 saturated heterocycles. The van der Waals surface area contributed by atoms with Crippen molar-refractivity contribution in [1.29, 1.82) is 0 Å². The number of carbonyl (C=O) groups excluding carboxylic acids is 1. The molecule has 3 nitrogen and oxygen atoms in total. The van der Waals surface area contributed by atoms with Crippen LogP contribution in [0.2, 0.25) is 5.02 Å². The van der Waals surface area contributed by atoms with Gasteiger partial charge in [0.2, 0.25) is 0 Å². The van der Waals surface area contributed by atoms with E-state index in [0.29, 0.717) is 16.2 Å². The molecule has 0 heterocycles. The van der Waals surface area contributed by atoms with Gasteiger partial charge in [-0.2, -0.15) is 0 Å². The van der Waals surface area contributed by atoms with Crippen molar-refractivity contribution in [1.82, 2.24) is 4.90 Å². The molecule has 4 heteroatoms. The second kappa shape index (κ2) is 5.73. The Morgan fingerprint density at radius 1 is 1.41 bits per heavy atom. The minimum atomic E-state index is -0.399. The maximum absolute atomic E-state index is 11.7. The molecule has 0 spiro atoms. The molecular formula is C13H16ClNO2. The smallest absolute Gasteiger partial charge is 0.340 e. The van der Waals surface area contributed by atoms with Crippen LogP contribution < -0.4 is 0 Å². The molecule has 0 fully saturated rings. The van der Waals surface area contributed by atoms with Crippen LogP contribution in [0.25, 0.3) is 5.57 Å². The molecule has 1 rings (SSSR count). The highest BCUT2D eigenvalue weighted by Crippen LogP contribution is 2.26. The standard InChI is InChI=1S/C13H16ClNO2/c1-9-5-6-10(12(14)7-9)11(8-15(2)3)13(16)17-4/h5-8H,1-4H3/b11-8-. The van der Waals surface area contributed by atoms with Crippen LogP contribution in [0.4, 0.5) is 0 Å². The third-order valence-electron chi connectivity index (χ3n) is 2.21. The van der Waals surface area contributed by atoms with Gasteiger partial charge in [-0.1, -0.05) is 23.7 Å². The number of hydrogen-bond donors (Lipinski definition) is 0. The highest BCUT2D eigenvalue weighted by atomic mass is 35.5.